The van der Waals surface area contributed by atoms with E-state index >= 15 is 0 Å². The van der Waals surface area contributed by atoms with Gasteiger partial charge in [0.25, 0.3) is 0 Å². The molecule has 12 heteroatoms. The molecule has 3 heterocycles. The van der Waals surface area contributed by atoms with Gasteiger partial charge in [-0.2, -0.15) is 4.98 Å². The van der Waals surface area contributed by atoms with E-state index in [2.05, 4.69) is 31.6 Å². The number of fused-ring (bicyclic) bond motifs is 1. The summed E-state index contributed by atoms with van der Waals surface area (Å²) >= 11 is 0. The van der Waals surface area contributed by atoms with Gasteiger partial charge < -0.3 is 24.3 Å². The van der Waals surface area contributed by atoms with Crippen molar-refractivity contribution < 1.29 is 27.0 Å². The van der Waals surface area contributed by atoms with Crippen molar-refractivity contribution in [3.8, 4) is 11.4 Å². The van der Waals surface area contributed by atoms with Gasteiger partial charge in [-0.1, -0.05) is 12.7 Å². The van der Waals surface area contributed by atoms with E-state index in [1.54, 1.807) is 36.7 Å². The number of nitrogens with one attached hydrogen (secondary N) is 1. The van der Waals surface area contributed by atoms with Crippen molar-refractivity contribution in [3.05, 3.63) is 72.5 Å². The lowest BCUT2D eigenvalue weighted by molar-refractivity contribution is -0.303. The van der Waals surface area contributed by atoms with Crippen LogP contribution in [-0.2, 0) is 4.74 Å². The molecule has 0 saturated carbocycles. The van der Waals surface area contributed by atoms with Crippen molar-refractivity contribution in [3.63, 3.8) is 0 Å². The minimum atomic E-state index is -4.88. The minimum Gasteiger partial charge on any atom is -0.486 e. The summed E-state index contributed by atoms with van der Waals surface area (Å²) in [6, 6.07) is 4.49. The average Bonchev–Trinajstić information content (AvgIpc) is 3.19. The highest BCUT2D eigenvalue weighted by Crippen LogP contribution is 2.36. The quantitative estimate of drug-likeness (QED) is 0.305. The Morgan fingerprint density at radius 2 is 2.09 bits per heavy atom. The van der Waals surface area contributed by atoms with Gasteiger partial charge in [-0.3, -0.25) is 0 Å². The number of allylic oxidation sites excluding steroid dienone is 1. The highest BCUT2D eigenvalue weighted by Gasteiger charge is 2.34. The Morgan fingerprint density at radius 3 is 2.74 bits per heavy atom. The summed E-state index contributed by atoms with van der Waals surface area (Å²) in [5.74, 6) is -0.495. The van der Waals surface area contributed by atoms with Crippen molar-refractivity contribution in [2.75, 3.05) is 23.4 Å². The minimum absolute atomic E-state index is 0.0811. The van der Waals surface area contributed by atoms with Gasteiger partial charge in [-0.15, -0.1) is 13.2 Å². The smallest absolute Gasteiger partial charge is 0.486 e. The molecule has 0 saturated heterocycles. The van der Waals surface area contributed by atoms with Crippen LogP contribution < -0.4 is 15.0 Å². The van der Waals surface area contributed by atoms with Crippen LogP contribution in [0.1, 0.15) is 12.6 Å². The topological polar surface area (TPSA) is 77.3 Å². The van der Waals surface area contributed by atoms with E-state index in [1.807, 2.05) is 0 Å². The van der Waals surface area contributed by atoms with E-state index in [1.165, 1.54) is 29.6 Å². The lowest BCUT2D eigenvalue weighted by Crippen LogP contribution is -2.34. The molecule has 34 heavy (non-hydrogen) atoms. The van der Waals surface area contributed by atoms with Crippen LogP contribution in [0.15, 0.2) is 61.0 Å². The molecule has 0 aliphatic carbocycles. The standard InChI is InChI=1S/C22H20F4N6O2/c1-4-17(14(3)34-22(24,25)26)32-7-8-33-19-10-27-21(30-20(19)32)29-15-5-6-18(16(23)9-15)31-11-13(2)28-12-31/h4-6,9-12H,3,7-8H2,1-2H3,(H,27,29,30). The summed E-state index contributed by atoms with van der Waals surface area (Å²) in [7, 11) is 0. The maximum absolute atomic E-state index is 14.7. The first-order chi connectivity index (χ1) is 16.1. The largest absolute Gasteiger partial charge is 0.573 e. The molecule has 3 aromatic rings. The molecule has 0 spiro atoms. The monoisotopic (exact) mass is 476 g/mol. The Morgan fingerprint density at radius 1 is 1.29 bits per heavy atom. The predicted molar refractivity (Wildman–Crippen MR) is 116 cm³/mol. The zero-order valence-corrected chi connectivity index (χ0v) is 18.2. The van der Waals surface area contributed by atoms with Crippen LogP contribution in [0.4, 0.5) is 35.0 Å². The van der Waals surface area contributed by atoms with Gasteiger partial charge in [0.1, 0.15) is 18.2 Å². The lowest BCUT2D eigenvalue weighted by atomic mass is 10.2. The summed E-state index contributed by atoms with van der Waals surface area (Å²) in [4.78, 5) is 14.1. The van der Waals surface area contributed by atoms with Crippen LogP contribution in [0.3, 0.4) is 0 Å². The first-order valence-corrected chi connectivity index (χ1v) is 10.1. The number of ether oxygens (including phenoxy) is 2. The number of aryl methyl sites for hydroxylation is 1. The number of rotatable bonds is 6. The SMILES string of the molecule is C=C(OC(F)(F)F)C(=CC)N1CCOc2cnc(Nc3ccc(-n4cnc(C)c4)c(F)c3)nc21. The Balaban J connectivity index is 1.59. The Bertz CT molecular complexity index is 1250. The maximum Gasteiger partial charge on any atom is 0.573 e. The third-order valence-corrected chi connectivity index (χ3v) is 4.85. The molecule has 1 N–H and O–H groups in total. The molecular formula is C22H20F4N6O2. The van der Waals surface area contributed by atoms with Crippen molar-refractivity contribution in [2.24, 2.45) is 0 Å². The van der Waals surface area contributed by atoms with Gasteiger partial charge in [-0.05, 0) is 32.0 Å². The van der Waals surface area contributed by atoms with E-state index in [-0.39, 0.29) is 36.4 Å². The molecule has 4 rings (SSSR count). The maximum atomic E-state index is 14.7. The first kappa shape index (κ1) is 23.1. The summed E-state index contributed by atoms with van der Waals surface area (Å²) in [6.07, 6.45) is 1.14. The third-order valence-electron chi connectivity index (χ3n) is 4.85. The number of benzene rings is 1. The normalized spacial score (nSPS) is 13.8. The van der Waals surface area contributed by atoms with Gasteiger partial charge in [0.15, 0.2) is 11.6 Å². The number of aromatic nitrogens is 4. The number of hydrogen-bond acceptors (Lipinski definition) is 7. The van der Waals surface area contributed by atoms with Crippen LogP contribution in [0, 0.1) is 12.7 Å². The lowest BCUT2D eigenvalue weighted by Gasteiger charge is -2.32. The summed E-state index contributed by atoms with van der Waals surface area (Å²) < 4.78 is 63.9. The van der Waals surface area contributed by atoms with Crippen LogP contribution in [0.2, 0.25) is 0 Å². The fourth-order valence-corrected chi connectivity index (χ4v) is 3.44. The summed E-state index contributed by atoms with van der Waals surface area (Å²) in [5, 5.41) is 2.90. The van der Waals surface area contributed by atoms with Crippen molar-refractivity contribution in [2.45, 2.75) is 20.2 Å². The van der Waals surface area contributed by atoms with Crippen LogP contribution >= 0.6 is 0 Å². The fraction of sp³-hybridized carbons (Fsp3) is 0.227. The van der Waals surface area contributed by atoms with Gasteiger partial charge in [-0.25, -0.2) is 14.4 Å². The van der Waals surface area contributed by atoms with Crippen LogP contribution in [0.25, 0.3) is 5.69 Å². The second-order valence-corrected chi connectivity index (χ2v) is 7.24. The molecule has 1 aromatic carbocycles. The molecule has 0 atom stereocenters. The van der Waals surface area contributed by atoms with Gasteiger partial charge in [0.05, 0.1) is 36.1 Å². The average molecular weight is 476 g/mol. The van der Waals surface area contributed by atoms with Crippen LogP contribution in [0.5, 0.6) is 5.75 Å². The van der Waals surface area contributed by atoms with E-state index in [4.69, 9.17) is 4.74 Å². The Hall–Kier alpha value is -4.09. The van der Waals surface area contributed by atoms with Gasteiger partial charge in [0.2, 0.25) is 5.95 Å². The number of imidazole rings is 1. The van der Waals surface area contributed by atoms with Crippen molar-refractivity contribution in [1.82, 2.24) is 19.5 Å². The molecular weight excluding hydrogens is 456 g/mol. The predicted octanol–water partition coefficient (Wildman–Crippen LogP) is 5.01. The molecule has 0 unspecified atom stereocenters. The van der Waals surface area contributed by atoms with Crippen molar-refractivity contribution in [1.29, 1.82) is 0 Å². The molecule has 8 nitrogen and oxygen atoms in total. The third kappa shape index (κ3) is 4.95. The van der Waals surface area contributed by atoms with Gasteiger partial charge in [0, 0.05) is 11.9 Å². The van der Waals surface area contributed by atoms with Crippen molar-refractivity contribution >= 4 is 17.5 Å². The Kier molecular flexibility index (Phi) is 6.14. The molecule has 0 amide bonds. The van der Waals surface area contributed by atoms with E-state index in [0.717, 1.165) is 5.69 Å². The second-order valence-electron chi connectivity index (χ2n) is 7.24. The second kappa shape index (κ2) is 9.04. The number of alkyl halides is 3. The van der Waals surface area contributed by atoms with Crippen LogP contribution in [-0.4, -0.2) is 39.0 Å². The molecule has 0 fully saturated rings. The zero-order valence-electron chi connectivity index (χ0n) is 18.2. The molecule has 1 aliphatic heterocycles. The number of nitrogens with zero attached hydrogens (tertiary/aromatic N) is 5. The molecule has 1 aliphatic rings. The molecule has 0 bridgehead atoms. The Labute approximate surface area is 192 Å². The highest BCUT2D eigenvalue weighted by atomic mass is 19.4. The molecule has 0 radical (unpaired) electrons. The number of hydrogen-bond donors (Lipinski definition) is 1. The van der Waals surface area contributed by atoms with E-state index in [9.17, 15) is 17.6 Å². The number of halogens is 4. The molecule has 2 aromatic heterocycles. The van der Waals surface area contributed by atoms with Gasteiger partial charge >= 0.3 is 6.36 Å². The summed E-state index contributed by atoms with van der Waals surface area (Å²) in [6.45, 7) is 7.15. The molecule has 178 valence electrons. The zero-order chi connectivity index (χ0) is 24.5. The highest BCUT2D eigenvalue weighted by molar-refractivity contribution is 5.64. The fourth-order valence-electron chi connectivity index (χ4n) is 3.44. The van der Waals surface area contributed by atoms with E-state index in [0.29, 0.717) is 11.4 Å². The van der Waals surface area contributed by atoms with E-state index < -0.39 is 17.9 Å². The number of anilines is 3. The first-order valence-electron chi connectivity index (χ1n) is 10.1. The summed E-state index contributed by atoms with van der Waals surface area (Å²) in [5.41, 5.74) is 1.52.